The van der Waals surface area contributed by atoms with Crippen LogP contribution in [0.25, 0.3) is 22.6 Å². The van der Waals surface area contributed by atoms with Gasteiger partial charge in [-0.3, -0.25) is 9.78 Å². The molecule has 3 aromatic heterocycles. The first kappa shape index (κ1) is 18.5. The number of nitrogens with zero attached hydrogens (tertiary/aromatic N) is 2. The van der Waals surface area contributed by atoms with Gasteiger partial charge in [-0.25, -0.2) is 9.37 Å². The van der Waals surface area contributed by atoms with Crippen molar-refractivity contribution in [2.45, 2.75) is 24.9 Å². The summed E-state index contributed by atoms with van der Waals surface area (Å²) in [6, 6.07) is 6.00. The fourth-order valence-corrected chi connectivity index (χ4v) is 3.47. The van der Waals surface area contributed by atoms with Gasteiger partial charge in [0.2, 0.25) is 0 Å². The van der Waals surface area contributed by atoms with Gasteiger partial charge in [0.05, 0.1) is 28.7 Å². The molecule has 0 spiro atoms. The van der Waals surface area contributed by atoms with E-state index in [9.17, 15) is 22.4 Å². The number of aromatic amines is 2. The molecule has 30 heavy (non-hydrogen) atoms. The maximum absolute atomic E-state index is 14.7. The molecule has 0 aliphatic heterocycles. The Labute approximate surface area is 167 Å². The number of aromatic nitrogens is 4. The Balaban J connectivity index is 1.51. The Morgan fingerprint density at radius 1 is 1.17 bits per heavy atom. The Hall–Kier alpha value is -3.49. The maximum atomic E-state index is 14.7. The molecule has 1 aliphatic rings. The zero-order valence-corrected chi connectivity index (χ0v) is 15.3. The number of benzene rings is 1. The molecule has 0 unspecified atom stereocenters. The summed E-state index contributed by atoms with van der Waals surface area (Å²) in [7, 11) is 0. The topological polar surface area (TPSA) is 74.4 Å². The summed E-state index contributed by atoms with van der Waals surface area (Å²) in [5.41, 5.74) is -0.104. The lowest BCUT2D eigenvalue weighted by molar-refractivity contribution is -0.137. The van der Waals surface area contributed by atoms with Crippen LogP contribution < -0.4 is 0 Å². The van der Waals surface area contributed by atoms with E-state index in [1.54, 1.807) is 0 Å². The second kappa shape index (κ2) is 6.51. The van der Waals surface area contributed by atoms with Crippen molar-refractivity contribution in [3.8, 4) is 11.5 Å². The lowest BCUT2D eigenvalue weighted by atomic mass is 9.99. The number of ketones is 1. The van der Waals surface area contributed by atoms with Gasteiger partial charge in [-0.1, -0.05) is 18.2 Å². The van der Waals surface area contributed by atoms with Crippen molar-refractivity contribution < 1.29 is 22.4 Å². The molecular weight excluding hydrogens is 400 g/mol. The van der Waals surface area contributed by atoms with E-state index >= 15 is 0 Å². The van der Waals surface area contributed by atoms with Crippen LogP contribution >= 0.6 is 0 Å². The highest BCUT2D eigenvalue weighted by atomic mass is 19.4. The SMILES string of the molecule is O=C(c1c[nH]c(-c2nc3c(F)c(C4CC4)ncc3[nH]2)c1)c1ccccc1C(F)(F)F. The first-order valence-corrected chi connectivity index (χ1v) is 9.26. The van der Waals surface area contributed by atoms with Gasteiger partial charge < -0.3 is 9.97 Å². The van der Waals surface area contributed by atoms with E-state index in [-0.39, 0.29) is 22.8 Å². The number of rotatable bonds is 4. The molecule has 4 aromatic rings. The standard InChI is InChI=1S/C21H14F4N4O/c22-16-17(10-5-6-10)27-9-15-18(16)29-20(28-15)14-7-11(8-26-14)19(30)12-3-1-2-4-13(12)21(23,24)25/h1-4,7-10,26H,5-6H2,(H,28,29). The van der Waals surface area contributed by atoms with Crippen LogP contribution in [0.15, 0.2) is 42.7 Å². The minimum atomic E-state index is -4.64. The van der Waals surface area contributed by atoms with Crippen LogP contribution in [0, 0.1) is 5.82 Å². The fraction of sp³-hybridized carbons (Fsp3) is 0.190. The van der Waals surface area contributed by atoms with Crippen LogP contribution in [0.5, 0.6) is 0 Å². The van der Waals surface area contributed by atoms with E-state index in [2.05, 4.69) is 19.9 Å². The summed E-state index contributed by atoms with van der Waals surface area (Å²) < 4.78 is 54.4. The molecule has 0 atom stereocenters. The van der Waals surface area contributed by atoms with Gasteiger partial charge in [-0.05, 0) is 25.0 Å². The largest absolute Gasteiger partial charge is 0.417 e. The van der Waals surface area contributed by atoms with Crippen LogP contribution in [0.3, 0.4) is 0 Å². The number of alkyl halides is 3. The molecule has 9 heteroatoms. The minimum absolute atomic E-state index is 0.0411. The molecule has 0 bridgehead atoms. The number of nitrogens with one attached hydrogen (secondary N) is 2. The number of imidazole rings is 1. The molecule has 0 amide bonds. The predicted molar refractivity (Wildman–Crippen MR) is 100 cm³/mol. The summed E-state index contributed by atoms with van der Waals surface area (Å²) in [6.07, 6.45) is -0.0320. The second-order valence-electron chi connectivity index (χ2n) is 7.25. The number of pyridine rings is 1. The van der Waals surface area contributed by atoms with E-state index in [0.29, 0.717) is 16.9 Å². The Bertz CT molecular complexity index is 1280. The van der Waals surface area contributed by atoms with Crippen LogP contribution in [-0.4, -0.2) is 25.7 Å². The highest BCUT2D eigenvalue weighted by Gasteiger charge is 2.35. The molecule has 1 fully saturated rings. The third-order valence-corrected chi connectivity index (χ3v) is 5.14. The molecule has 152 valence electrons. The second-order valence-corrected chi connectivity index (χ2v) is 7.25. The molecule has 1 aromatic carbocycles. The van der Waals surface area contributed by atoms with Crippen molar-refractivity contribution in [2.24, 2.45) is 0 Å². The van der Waals surface area contributed by atoms with Gasteiger partial charge in [0.15, 0.2) is 17.4 Å². The van der Waals surface area contributed by atoms with Crippen molar-refractivity contribution in [1.29, 1.82) is 0 Å². The molecule has 5 rings (SSSR count). The Morgan fingerprint density at radius 2 is 1.93 bits per heavy atom. The highest BCUT2D eigenvalue weighted by Crippen LogP contribution is 2.41. The van der Waals surface area contributed by atoms with Gasteiger partial charge in [0, 0.05) is 23.2 Å². The lowest BCUT2D eigenvalue weighted by Crippen LogP contribution is -2.13. The van der Waals surface area contributed by atoms with Gasteiger partial charge in [0.25, 0.3) is 0 Å². The third kappa shape index (κ3) is 3.06. The number of fused-ring (bicyclic) bond motifs is 1. The average Bonchev–Trinajstić information content (AvgIpc) is 3.26. The van der Waals surface area contributed by atoms with Crippen molar-refractivity contribution in [2.75, 3.05) is 0 Å². The monoisotopic (exact) mass is 414 g/mol. The lowest BCUT2D eigenvalue weighted by Gasteiger charge is -2.10. The zero-order valence-electron chi connectivity index (χ0n) is 15.3. The number of H-pyrrole nitrogens is 2. The number of hydrogen-bond acceptors (Lipinski definition) is 3. The van der Waals surface area contributed by atoms with E-state index < -0.39 is 28.9 Å². The van der Waals surface area contributed by atoms with E-state index in [4.69, 9.17) is 0 Å². The quantitative estimate of drug-likeness (QED) is 0.355. The van der Waals surface area contributed by atoms with E-state index in [1.165, 1.54) is 30.6 Å². The molecule has 0 radical (unpaired) electrons. The summed E-state index contributed by atoms with van der Waals surface area (Å²) in [5.74, 6) is -0.857. The molecule has 3 heterocycles. The first-order chi connectivity index (χ1) is 14.3. The fourth-order valence-electron chi connectivity index (χ4n) is 3.47. The maximum Gasteiger partial charge on any atom is 0.417 e. The van der Waals surface area contributed by atoms with Crippen LogP contribution in [0.2, 0.25) is 0 Å². The zero-order chi connectivity index (χ0) is 21.0. The van der Waals surface area contributed by atoms with Gasteiger partial charge in [-0.2, -0.15) is 13.2 Å². The average molecular weight is 414 g/mol. The van der Waals surface area contributed by atoms with Crippen molar-refractivity contribution in [1.82, 2.24) is 19.9 Å². The molecule has 1 saturated carbocycles. The highest BCUT2D eigenvalue weighted by molar-refractivity contribution is 6.10. The summed E-state index contributed by atoms with van der Waals surface area (Å²) in [6.45, 7) is 0. The number of carbonyl (C=O) groups excluding carboxylic acids is 1. The smallest absolute Gasteiger partial charge is 0.358 e. The van der Waals surface area contributed by atoms with Gasteiger partial charge in [-0.15, -0.1) is 0 Å². The van der Waals surface area contributed by atoms with E-state index in [1.807, 2.05) is 0 Å². The Kier molecular flexibility index (Phi) is 4.02. The van der Waals surface area contributed by atoms with Crippen LogP contribution in [-0.2, 0) is 6.18 Å². The summed E-state index contributed by atoms with van der Waals surface area (Å²) in [4.78, 5) is 26.9. The molecular formula is C21H14F4N4O. The minimum Gasteiger partial charge on any atom is -0.358 e. The van der Waals surface area contributed by atoms with Crippen molar-refractivity contribution in [3.63, 3.8) is 0 Å². The van der Waals surface area contributed by atoms with Crippen LogP contribution in [0.1, 0.15) is 45.9 Å². The Morgan fingerprint density at radius 3 is 2.67 bits per heavy atom. The summed E-state index contributed by atoms with van der Waals surface area (Å²) >= 11 is 0. The van der Waals surface area contributed by atoms with Crippen LogP contribution in [0.4, 0.5) is 17.6 Å². The normalized spacial score (nSPS) is 14.4. The number of hydrogen-bond donors (Lipinski definition) is 2. The number of halogens is 4. The van der Waals surface area contributed by atoms with Gasteiger partial charge in [0.1, 0.15) is 5.52 Å². The molecule has 1 aliphatic carbocycles. The van der Waals surface area contributed by atoms with Crippen molar-refractivity contribution >= 4 is 16.8 Å². The van der Waals surface area contributed by atoms with E-state index in [0.717, 1.165) is 25.0 Å². The van der Waals surface area contributed by atoms with Gasteiger partial charge >= 0.3 is 6.18 Å². The molecule has 2 N–H and O–H groups in total. The number of carbonyl (C=O) groups is 1. The molecule has 5 nitrogen and oxygen atoms in total. The predicted octanol–water partition coefficient (Wildman–Crippen LogP) is 5.22. The third-order valence-electron chi connectivity index (χ3n) is 5.14. The van der Waals surface area contributed by atoms with Crippen molar-refractivity contribution in [3.05, 3.63) is 70.9 Å². The first-order valence-electron chi connectivity index (χ1n) is 9.26. The molecule has 0 saturated heterocycles. The summed E-state index contributed by atoms with van der Waals surface area (Å²) in [5, 5.41) is 0.